The SMILES string of the molecule is COc1cc2c(cc1OC(C)=O)C(=O)CC1C2CC[C@]2(C)C(=NOC(C)=O)CCC12. The second-order valence-electron chi connectivity index (χ2n) is 8.80. The number of oxime groups is 1. The van der Waals surface area contributed by atoms with Crippen molar-refractivity contribution in [1.29, 1.82) is 0 Å². The molecule has 30 heavy (non-hydrogen) atoms. The molecule has 0 amide bonds. The summed E-state index contributed by atoms with van der Waals surface area (Å²) in [6.45, 7) is 4.87. The zero-order valence-corrected chi connectivity index (χ0v) is 17.8. The monoisotopic (exact) mass is 413 g/mol. The number of ether oxygens (including phenoxy) is 2. The number of ketones is 1. The van der Waals surface area contributed by atoms with Crippen LogP contribution in [-0.2, 0) is 14.4 Å². The average Bonchev–Trinajstić information content (AvgIpc) is 3.02. The van der Waals surface area contributed by atoms with Crippen LogP contribution in [0.2, 0.25) is 0 Å². The molecule has 0 radical (unpaired) electrons. The van der Waals surface area contributed by atoms with Gasteiger partial charge in [-0.25, -0.2) is 4.79 Å². The second kappa shape index (κ2) is 7.52. The number of methoxy groups -OCH3 is 1. The molecule has 2 fully saturated rings. The van der Waals surface area contributed by atoms with Crippen molar-refractivity contribution < 1.29 is 28.7 Å². The van der Waals surface area contributed by atoms with E-state index in [1.807, 2.05) is 6.07 Å². The van der Waals surface area contributed by atoms with Crippen LogP contribution in [-0.4, -0.2) is 30.5 Å². The summed E-state index contributed by atoms with van der Waals surface area (Å²) in [4.78, 5) is 40.7. The zero-order chi connectivity index (χ0) is 21.6. The van der Waals surface area contributed by atoms with E-state index >= 15 is 0 Å². The van der Waals surface area contributed by atoms with Gasteiger partial charge in [-0.3, -0.25) is 9.59 Å². The molecule has 0 aromatic heterocycles. The fraction of sp³-hybridized carbons (Fsp3) is 0.565. The summed E-state index contributed by atoms with van der Waals surface area (Å²) in [5.41, 5.74) is 2.39. The van der Waals surface area contributed by atoms with Crippen LogP contribution >= 0.6 is 0 Å². The van der Waals surface area contributed by atoms with Gasteiger partial charge in [-0.15, -0.1) is 0 Å². The lowest BCUT2D eigenvalue weighted by molar-refractivity contribution is -0.141. The summed E-state index contributed by atoms with van der Waals surface area (Å²) in [6, 6.07) is 3.53. The second-order valence-corrected chi connectivity index (χ2v) is 8.80. The van der Waals surface area contributed by atoms with Gasteiger partial charge < -0.3 is 14.3 Å². The molecule has 7 heteroatoms. The molecular formula is C23H27NO6. The molecular weight excluding hydrogens is 386 g/mol. The topological polar surface area (TPSA) is 91.3 Å². The van der Waals surface area contributed by atoms with E-state index in [4.69, 9.17) is 14.3 Å². The van der Waals surface area contributed by atoms with E-state index in [9.17, 15) is 14.4 Å². The number of benzene rings is 1. The Hall–Kier alpha value is -2.70. The number of rotatable bonds is 3. The highest BCUT2D eigenvalue weighted by atomic mass is 16.7. The number of esters is 1. The minimum Gasteiger partial charge on any atom is -0.493 e. The predicted octanol–water partition coefficient (Wildman–Crippen LogP) is 4.04. The minimum absolute atomic E-state index is 0.0666. The van der Waals surface area contributed by atoms with Crippen LogP contribution in [0.15, 0.2) is 17.3 Å². The van der Waals surface area contributed by atoms with Gasteiger partial charge in [0.05, 0.1) is 12.8 Å². The van der Waals surface area contributed by atoms with Crippen LogP contribution < -0.4 is 9.47 Å². The smallest absolute Gasteiger partial charge is 0.331 e. The Morgan fingerprint density at radius 1 is 1.13 bits per heavy atom. The molecule has 0 spiro atoms. The lowest BCUT2D eigenvalue weighted by Crippen LogP contribution is -2.43. The van der Waals surface area contributed by atoms with Crippen molar-refractivity contribution in [3.05, 3.63) is 23.3 Å². The van der Waals surface area contributed by atoms with Gasteiger partial charge in [0.1, 0.15) is 0 Å². The molecule has 0 aliphatic heterocycles. The number of hydrogen-bond acceptors (Lipinski definition) is 7. The molecule has 3 aliphatic carbocycles. The number of carbonyl (C=O) groups excluding carboxylic acids is 3. The largest absolute Gasteiger partial charge is 0.493 e. The van der Waals surface area contributed by atoms with Crippen LogP contribution in [0, 0.1) is 17.3 Å². The lowest BCUT2D eigenvalue weighted by atomic mass is 9.55. The van der Waals surface area contributed by atoms with Crippen molar-refractivity contribution in [1.82, 2.24) is 0 Å². The number of fused-ring (bicyclic) bond motifs is 5. The molecule has 4 rings (SSSR count). The quantitative estimate of drug-likeness (QED) is 0.321. The van der Waals surface area contributed by atoms with Crippen molar-refractivity contribution in [2.75, 3.05) is 7.11 Å². The normalized spacial score (nSPS) is 30.9. The van der Waals surface area contributed by atoms with E-state index in [2.05, 4.69) is 12.1 Å². The number of Topliss-reactive ketones (excluding diaryl/α,β-unsaturated/α-hetero) is 1. The molecule has 0 bridgehead atoms. The Bertz CT molecular complexity index is 951. The highest BCUT2D eigenvalue weighted by Gasteiger charge is 2.55. The summed E-state index contributed by atoms with van der Waals surface area (Å²) in [5, 5.41) is 4.16. The fourth-order valence-electron chi connectivity index (χ4n) is 5.86. The minimum atomic E-state index is -0.451. The molecule has 4 atom stereocenters. The van der Waals surface area contributed by atoms with Gasteiger partial charge in [0.15, 0.2) is 17.3 Å². The van der Waals surface area contributed by atoms with E-state index in [1.54, 1.807) is 6.07 Å². The van der Waals surface area contributed by atoms with Crippen LogP contribution in [0.25, 0.3) is 0 Å². The number of hydrogen-bond donors (Lipinski definition) is 0. The highest BCUT2D eigenvalue weighted by Crippen LogP contribution is 2.60. The molecule has 0 N–H and O–H groups in total. The van der Waals surface area contributed by atoms with E-state index in [1.165, 1.54) is 21.0 Å². The summed E-state index contributed by atoms with van der Waals surface area (Å²) in [5.74, 6) is 0.706. The Balaban J connectivity index is 1.69. The van der Waals surface area contributed by atoms with Crippen LogP contribution in [0.5, 0.6) is 11.5 Å². The van der Waals surface area contributed by atoms with E-state index < -0.39 is 11.9 Å². The van der Waals surface area contributed by atoms with Crippen molar-refractivity contribution in [2.24, 2.45) is 22.4 Å². The van der Waals surface area contributed by atoms with Crippen molar-refractivity contribution in [3.8, 4) is 11.5 Å². The predicted molar refractivity (Wildman–Crippen MR) is 109 cm³/mol. The van der Waals surface area contributed by atoms with Gasteiger partial charge in [0.2, 0.25) is 0 Å². The van der Waals surface area contributed by atoms with Gasteiger partial charge >= 0.3 is 11.9 Å². The van der Waals surface area contributed by atoms with Crippen molar-refractivity contribution in [2.45, 2.75) is 58.8 Å². The van der Waals surface area contributed by atoms with Crippen LogP contribution in [0.4, 0.5) is 0 Å². The first-order chi connectivity index (χ1) is 14.2. The van der Waals surface area contributed by atoms with Gasteiger partial charge in [0.25, 0.3) is 0 Å². The first-order valence-electron chi connectivity index (χ1n) is 10.4. The summed E-state index contributed by atoms with van der Waals surface area (Å²) >= 11 is 0. The molecule has 0 heterocycles. The molecule has 1 aromatic carbocycles. The highest BCUT2D eigenvalue weighted by molar-refractivity contribution is 6.00. The Kier molecular flexibility index (Phi) is 5.16. The third-order valence-corrected chi connectivity index (χ3v) is 7.17. The van der Waals surface area contributed by atoms with Gasteiger partial charge in [0, 0.05) is 31.2 Å². The summed E-state index contributed by atoms with van der Waals surface area (Å²) in [7, 11) is 1.53. The van der Waals surface area contributed by atoms with E-state index in [0.717, 1.165) is 37.0 Å². The molecule has 3 aliphatic rings. The maximum absolute atomic E-state index is 13.1. The van der Waals surface area contributed by atoms with Crippen LogP contribution in [0.3, 0.4) is 0 Å². The number of carbonyl (C=O) groups is 3. The van der Waals surface area contributed by atoms with Crippen molar-refractivity contribution in [3.63, 3.8) is 0 Å². The molecule has 2 saturated carbocycles. The first kappa shape index (κ1) is 20.6. The Morgan fingerprint density at radius 3 is 2.57 bits per heavy atom. The molecule has 7 nitrogen and oxygen atoms in total. The lowest BCUT2D eigenvalue weighted by Gasteiger charge is -2.48. The summed E-state index contributed by atoms with van der Waals surface area (Å²) < 4.78 is 10.7. The van der Waals surface area contributed by atoms with Gasteiger partial charge in [-0.05, 0) is 61.1 Å². The zero-order valence-electron chi connectivity index (χ0n) is 17.8. The van der Waals surface area contributed by atoms with Crippen LogP contribution in [0.1, 0.15) is 74.7 Å². The average molecular weight is 413 g/mol. The van der Waals surface area contributed by atoms with Gasteiger partial charge in [-0.1, -0.05) is 12.1 Å². The third-order valence-electron chi connectivity index (χ3n) is 7.17. The Morgan fingerprint density at radius 2 is 1.90 bits per heavy atom. The maximum atomic E-state index is 13.1. The summed E-state index contributed by atoms with van der Waals surface area (Å²) in [6.07, 6.45) is 4.01. The van der Waals surface area contributed by atoms with Gasteiger partial charge in [-0.2, -0.15) is 0 Å². The fourth-order valence-corrected chi connectivity index (χ4v) is 5.86. The Labute approximate surface area is 175 Å². The standard InChI is InChI=1S/C23H27NO6/c1-12(25)29-21-11-17-15(10-20(21)28-4)14-7-8-23(3)18(16(14)9-19(17)27)5-6-22(23)24-30-13(2)26/h10-11,14,16,18H,5-9H2,1-4H3/t14?,16?,18?,23-/m0/s1. The molecule has 3 unspecified atom stereocenters. The molecule has 160 valence electrons. The molecule has 0 saturated heterocycles. The van der Waals surface area contributed by atoms with Crippen molar-refractivity contribution >= 4 is 23.4 Å². The van der Waals surface area contributed by atoms with E-state index in [0.29, 0.717) is 23.7 Å². The first-order valence-corrected chi connectivity index (χ1v) is 10.4. The maximum Gasteiger partial charge on any atom is 0.331 e. The van der Waals surface area contributed by atoms with E-state index in [-0.39, 0.29) is 28.8 Å². The third kappa shape index (κ3) is 3.30. The number of nitrogens with zero attached hydrogens (tertiary/aromatic N) is 1. The molecule has 1 aromatic rings.